The molecule has 2 aliphatic rings. The molecule has 20 rings (SSSR count). The van der Waals surface area contributed by atoms with E-state index in [9.17, 15) is 0 Å². The standard InChI is InChI=1S/C50H36BN5O.C50H38ClN5O/c1-4-15-35(16-5-1)33-54-43-28-26-37(50-53-42-21-10-11-22-45(42)56(50)38-19-8-3-9-20-38)31-40(43)51-41-32-39(57-48-25-12-13-30-52-48)27-29-44(41)55(34-36-17-6-2-7-18-36)47-24-14-23-46(54)49(47)51;51-49-46(23-14-24-47(49)55(36-38-17-6-2-7-18-38)41-30-32-43(33-31-41)57-48-25-12-13-34-52-48)54(35-37-15-4-1-5-16-37)40-28-26-39(27-29-40)50-53-44-21-10-11-22-45(44)56(50)42-19-8-3-9-20-42/h1-32H,33-34H2;1-34H,35-36H2. The van der Waals surface area contributed by atoms with Gasteiger partial charge in [-0.3, -0.25) is 9.13 Å². The van der Waals surface area contributed by atoms with Gasteiger partial charge in [-0.1, -0.05) is 224 Å². The maximum Gasteiger partial charge on any atom is 0.252 e. The van der Waals surface area contributed by atoms with Crippen LogP contribution >= 0.6 is 11.6 Å². The van der Waals surface area contributed by atoms with E-state index in [2.05, 4.69) is 354 Å². The van der Waals surface area contributed by atoms with Crippen LogP contribution in [0.1, 0.15) is 22.3 Å². The smallest absolute Gasteiger partial charge is 0.252 e. The Hall–Kier alpha value is -14.5. The van der Waals surface area contributed by atoms with Crippen molar-refractivity contribution in [3.63, 3.8) is 0 Å². The van der Waals surface area contributed by atoms with Crippen LogP contribution in [-0.4, -0.2) is 35.8 Å². The third-order valence-electron chi connectivity index (χ3n) is 21.1. The highest BCUT2D eigenvalue weighted by molar-refractivity contribution is 7.00. The highest BCUT2D eigenvalue weighted by Crippen LogP contribution is 2.45. The van der Waals surface area contributed by atoms with Crippen LogP contribution in [-0.2, 0) is 26.2 Å². The van der Waals surface area contributed by atoms with Gasteiger partial charge in [0.1, 0.15) is 23.1 Å². The van der Waals surface area contributed by atoms with Crippen molar-refractivity contribution in [2.45, 2.75) is 26.2 Å². The molecular formula is C100H74BClN10O2. The maximum absolute atomic E-state index is 7.60. The van der Waals surface area contributed by atoms with Gasteiger partial charge in [0.05, 0.1) is 38.5 Å². The number of halogens is 1. The number of hydrogen-bond donors (Lipinski definition) is 0. The van der Waals surface area contributed by atoms with Crippen LogP contribution in [0.25, 0.3) is 56.2 Å². The number of imidazole rings is 2. The number of fused-ring (bicyclic) bond motifs is 6. The molecule has 12 nitrogen and oxygen atoms in total. The van der Waals surface area contributed by atoms with E-state index in [-0.39, 0.29) is 6.71 Å². The molecule has 6 heterocycles. The minimum atomic E-state index is -0.0815. The molecule has 0 bridgehead atoms. The Labute approximate surface area is 667 Å². The van der Waals surface area contributed by atoms with E-state index >= 15 is 0 Å². The molecule has 114 heavy (non-hydrogen) atoms. The summed E-state index contributed by atoms with van der Waals surface area (Å²) in [5, 5.41) is 0.646. The zero-order valence-corrected chi connectivity index (χ0v) is 62.9. The molecule has 0 atom stereocenters. The van der Waals surface area contributed by atoms with Gasteiger partial charge in [0.2, 0.25) is 11.8 Å². The third kappa shape index (κ3) is 14.1. The van der Waals surface area contributed by atoms with Crippen molar-refractivity contribution < 1.29 is 9.47 Å². The first kappa shape index (κ1) is 69.9. The maximum atomic E-state index is 7.60. The van der Waals surface area contributed by atoms with Crippen LogP contribution in [0.15, 0.2) is 401 Å². The minimum absolute atomic E-state index is 0.0815. The van der Waals surface area contributed by atoms with E-state index in [0.717, 1.165) is 109 Å². The molecule has 0 aliphatic carbocycles. The summed E-state index contributed by atoms with van der Waals surface area (Å²) >= 11 is 7.60. The summed E-state index contributed by atoms with van der Waals surface area (Å²) in [4.78, 5) is 28.7. The summed E-state index contributed by atoms with van der Waals surface area (Å²) in [5.41, 5.74) is 25.3. The van der Waals surface area contributed by atoms with Crippen molar-refractivity contribution in [1.29, 1.82) is 0 Å². The lowest BCUT2D eigenvalue weighted by atomic mass is 9.33. The molecule has 2 aliphatic heterocycles. The first-order valence-electron chi connectivity index (χ1n) is 38.3. The highest BCUT2D eigenvalue weighted by atomic mass is 35.5. The molecule has 0 unspecified atom stereocenters. The van der Waals surface area contributed by atoms with E-state index in [1.807, 2.05) is 72.8 Å². The first-order valence-corrected chi connectivity index (χ1v) is 38.7. The van der Waals surface area contributed by atoms with Gasteiger partial charge in [0.25, 0.3) is 6.71 Å². The van der Waals surface area contributed by atoms with E-state index < -0.39 is 0 Å². The van der Waals surface area contributed by atoms with Crippen molar-refractivity contribution in [3.05, 3.63) is 428 Å². The summed E-state index contributed by atoms with van der Waals surface area (Å²) in [6.07, 6.45) is 3.49. The van der Waals surface area contributed by atoms with E-state index in [4.69, 9.17) is 31.0 Å². The Morgan fingerprint density at radius 3 is 1.21 bits per heavy atom. The predicted octanol–water partition coefficient (Wildman–Crippen LogP) is 22.9. The summed E-state index contributed by atoms with van der Waals surface area (Å²) in [6.45, 7) is 2.60. The first-order chi connectivity index (χ1) is 56.4. The summed E-state index contributed by atoms with van der Waals surface area (Å²) < 4.78 is 17.0. The number of ether oxygens (including phenoxy) is 2. The van der Waals surface area contributed by atoms with Crippen molar-refractivity contribution in [1.82, 2.24) is 29.1 Å². The Kier molecular flexibility index (Phi) is 19.3. The van der Waals surface area contributed by atoms with Crippen molar-refractivity contribution in [2.75, 3.05) is 19.6 Å². The number of nitrogens with zero attached hydrogens (tertiary/aromatic N) is 10. The fourth-order valence-corrected chi connectivity index (χ4v) is 16.2. The van der Waals surface area contributed by atoms with Gasteiger partial charge in [0.15, 0.2) is 0 Å². The summed E-state index contributed by atoms with van der Waals surface area (Å²) in [7, 11) is 0. The largest absolute Gasteiger partial charge is 0.439 e. The van der Waals surface area contributed by atoms with Crippen LogP contribution < -0.4 is 45.5 Å². The van der Waals surface area contributed by atoms with Crippen molar-refractivity contribution in [3.8, 4) is 57.4 Å². The molecule has 0 spiro atoms. The lowest BCUT2D eigenvalue weighted by Gasteiger charge is -2.44. The molecule has 0 fully saturated rings. The van der Waals surface area contributed by atoms with E-state index in [0.29, 0.717) is 35.6 Å². The molecule has 0 amide bonds. The zero-order chi connectivity index (χ0) is 76.1. The average Bonchev–Trinajstić information content (AvgIpc) is 0.726. The molecule has 0 radical (unpaired) electrons. The van der Waals surface area contributed by atoms with Gasteiger partial charge in [-0.2, -0.15) is 0 Å². The number of hydrogen-bond acceptors (Lipinski definition) is 10. The van der Waals surface area contributed by atoms with Gasteiger partial charge in [-0.25, -0.2) is 19.9 Å². The molecule has 0 N–H and O–H groups in total. The Balaban J connectivity index is 0.000000153. The topological polar surface area (TPSA) is 92.8 Å². The van der Waals surface area contributed by atoms with Gasteiger partial charge >= 0.3 is 0 Å². The Bertz CT molecular complexity index is 6380. The molecule has 4 aromatic heterocycles. The monoisotopic (exact) mass is 1490 g/mol. The highest BCUT2D eigenvalue weighted by Gasteiger charge is 2.43. The number of aromatic nitrogens is 6. The van der Waals surface area contributed by atoms with E-state index in [1.165, 1.54) is 50.1 Å². The van der Waals surface area contributed by atoms with Gasteiger partial charge < -0.3 is 29.1 Å². The van der Waals surface area contributed by atoms with Crippen LogP contribution in [0.5, 0.6) is 23.3 Å². The van der Waals surface area contributed by atoms with Crippen molar-refractivity contribution >= 4 is 102 Å². The van der Waals surface area contributed by atoms with E-state index in [1.54, 1.807) is 12.4 Å². The fraction of sp³-hybridized carbons (Fsp3) is 0.0400. The Morgan fingerprint density at radius 2 is 0.719 bits per heavy atom. The zero-order valence-electron chi connectivity index (χ0n) is 62.2. The van der Waals surface area contributed by atoms with Crippen LogP contribution in [0.4, 0.5) is 45.5 Å². The normalized spacial score (nSPS) is 11.8. The van der Waals surface area contributed by atoms with Crippen LogP contribution in [0.2, 0.25) is 5.02 Å². The predicted molar refractivity (Wildman–Crippen MR) is 466 cm³/mol. The second-order valence-corrected chi connectivity index (χ2v) is 28.7. The molecule has 14 aromatic carbocycles. The van der Waals surface area contributed by atoms with Gasteiger partial charge in [-0.15, -0.1) is 0 Å². The summed E-state index contributed by atoms with van der Waals surface area (Å²) in [6, 6.07) is 135. The molecular weight excluding hydrogens is 1420 g/mol. The number of benzene rings is 14. The van der Waals surface area contributed by atoms with Crippen molar-refractivity contribution in [2.24, 2.45) is 0 Å². The number of rotatable bonds is 20. The summed E-state index contributed by atoms with van der Waals surface area (Å²) in [5.74, 6) is 4.36. The minimum Gasteiger partial charge on any atom is -0.439 e. The molecule has 18 aromatic rings. The molecule has 546 valence electrons. The lowest BCUT2D eigenvalue weighted by molar-refractivity contribution is 0.463. The molecule has 0 saturated heterocycles. The average molecular weight is 1490 g/mol. The number of para-hydroxylation sites is 6. The molecule has 14 heteroatoms. The third-order valence-corrected chi connectivity index (χ3v) is 21.5. The number of anilines is 8. The van der Waals surface area contributed by atoms with Crippen LogP contribution in [0, 0.1) is 0 Å². The lowest BCUT2D eigenvalue weighted by Crippen LogP contribution is -2.62. The second kappa shape index (κ2) is 31.5. The second-order valence-electron chi connectivity index (χ2n) is 28.3. The molecule has 0 saturated carbocycles. The van der Waals surface area contributed by atoms with Gasteiger partial charge in [-0.05, 0) is 202 Å². The Morgan fingerprint density at radius 1 is 0.325 bits per heavy atom. The number of pyridine rings is 2. The SMILES string of the molecule is Clc1c(N(Cc2ccccc2)c2ccc(Oc3ccccn3)cc2)cccc1N(Cc1ccccc1)c1ccc(-c2nc3ccccc3n2-c2ccccc2)cc1.c1ccc(CN2c3ccc(Oc4ccccn4)cc3B3c4cc(-c5nc6ccccc6n5-c5ccccc5)ccc4N(Cc4ccccc4)c4cccc2c43)cc1. The quantitative estimate of drug-likeness (QED) is 0.0687. The fourth-order valence-electron chi connectivity index (χ4n) is 15.9. The van der Waals surface area contributed by atoms with Crippen LogP contribution in [0.3, 0.4) is 0 Å². The van der Waals surface area contributed by atoms with Gasteiger partial charge in [0, 0.05) is 107 Å².